The maximum Gasteiger partial charge on any atom is 0.150 e. The highest BCUT2D eigenvalue weighted by molar-refractivity contribution is 6.08. The minimum absolute atomic E-state index is 0.166. The molecular formula is C29H28N4O. The monoisotopic (exact) mass is 448 g/mol. The van der Waals surface area contributed by atoms with Crippen LogP contribution in [-0.2, 0) is 12.8 Å². The first-order chi connectivity index (χ1) is 16.5. The van der Waals surface area contributed by atoms with Crippen LogP contribution in [0.5, 0.6) is 5.75 Å². The number of nitrogens with zero attached hydrogens (tertiary/aromatic N) is 2. The zero-order valence-electron chi connectivity index (χ0n) is 19.4. The van der Waals surface area contributed by atoms with Gasteiger partial charge in [-0.1, -0.05) is 36.4 Å². The number of pyridine rings is 2. The number of benzene rings is 3. The lowest BCUT2D eigenvalue weighted by Crippen LogP contribution is -2.06. The van der Waals surface area contributed by atoms with Crippen molar-refractivity contribution in [3.8, 4) is 5.75 Å². The van der Waals surface area contributed by atoms with Crippen molar-refractivity contribution in [2.45, 2.75) is 32.7 Å². The number of nitrogens with one attached hydrogen (secondary N) is 1. The highest BCUT2D eigenvalue weighted by Gasteiger charge is 2.10. The number of phenolic OH excluding ortho intramolecular Hbond substituents is 1. The van der Waals surface area contributed by atoms with Crippen LogP contribution in [0.15, 0.2) is 79.0 Å². The van der Waals surface area contributed by atoms with Crippen LogP contribution in [-0.4, -0.2) is 15.1 Å². The number of nitrogens with two attached hydrogens (primary N) is 1. The zero-order chi connectivity index (χ0) is 23.7. The number of aryl methyl sites for hydroxylation is 3. The molecule has 0 spiro atoms. The molecule has 0 aliphatic carbocycles. The molecule has 1 atom stereocenters. The quantitative estimate of drug-likeness (QED) is 0.209. The van der Waals surface area contributed by atoms with Crippen molar-refractivity contribution in [2.75, 3.05) is 11.1 Å². The summed E-state index contributed by atoms with van der Waals surface area (Å²) in [6, 6.07) is 24.5. The molecule has 0 amide bonds. The van der Waals surface area contributed by atoms with Gasteiger partial charge in [-0.15, -0.1) is 0 Å². The fraction of sp³-hybridized carbons (Fsp3) is 0.172. The fourth-order valence-electron chi connectivity index (χ4n) is 4.35. The maximum absolute atomic E-state index is 9.45. The highest BCUT2D eigenvalue weighted by Crippen LogP contribution is 2.28. The molecular weight excluding hydrogens is 420 g/mol. The molecule has 2 aromatic heterocycles. The standard InChI is InChI=1S/C29H28N4O/c1-18-3-14-25-26-16-21(17-31-28(26)29(30)33-27(25)15-18)5-4-20-6-8-22(9-7-20)19(2)32-23-10-12-24(34)13-11-23/h3,6-17,19,32,34H,4-5H2,1-2H3,(H2,30,33). The van der Waals surface area contributed by atoms with Gasteiger partial charge in [0.2, 0.25) is 0 Å². The Balaban J connectivity index is 1.30. The van der Waals surface area contributed by atoms with Crippen molar-refractivity contribution in [3.05, 3.63) is 101 Å². The minimum Gasteiger partial charge on any atom is -0.508 e. The summed E-state index contributed by atoms with van der Waals surface area (Å²) in [7, 11) is 0. The Hall–Kier alpha value is -4.12. The third-order valence-corrected chi connectivity index (χ3v) is 6.30. The van der Waals surface area contributed by atoms with Gasteiger partial charge in [-0.2, -0.15) is 0 Å². The summed E-state index contributed by atoms with van der Waals surface area (Å²) in [4.78, 5) is 9.18. The molecule has 0 aliphatic rings. The van der Waals surface area contributed by atoms with Gasteiger partial charge in [0.1, 0.15) is 11.3 Å². The molecule has 0 aliphatic heterocycles. The molecule has 4 N–H and O–H groups in total. The molecule has 0 bridgehead atoms. The summed E-state index contributed by atoms with van der Waals surface area (Å²) in [6.07, 6.45) is 3.75. The van der Waals surface area contributed by atoms with Crippen LogP contribution in [0.2, 0.25) is 0 Å². The molecule has 5 heteroatoms. The van der Waals surface area contributed by atoms with Gasteiger partial charge in [0.25, 0.3) is 0 Å². The Bertz CT molecular complexity index is 1460. The first-order valence-electron chi connectivity index (χ1n) is 11.5. The molecule has 34 heavy (non-hydrogen) atoms. The third kappa shape index (κ3) is 4.50. The molecule has 5 aromatic rings. The normalized spacial score (nSPS) is 12.2. The average molecular weight is 449 g/mol. The van der Waals surface area contributed by atoms with E-state index in [0.717, 1.165) is 40.3 Å². The maximum atomic E-state index is 9.45. The van der Waals surface area contributed by atoms with Gasteiger partial charge in [0.15, 0.2) is 5.82 Å². The smallest absolute Gasteiger partial charge is 0.150 e. The second kappa shape index (κ2) is 9.02. The number of nitrogen functional groups attached to an aromatic ring is 1. The van der Waals surface area contributed by atoms with Crippen LogP contribution in [0.3, 0.4) is 0 Å². The summed E-state index contributed by atoms with van der Waals surface area (Å²) < 4.78 is 0. The van der Waals surface area contributed by atoms with Crippen LogP contribution in [0.1, 0.15) is 35.2 Å². The second-order valence-electron chi connectivity index (χ2n) is 8.91. The van der Waals surface area contributed by atoms with Gasteiger partial charge in [-0.3, -0.25) is 4.98 Å². The molecule has 5 rings (SSSR count). The molecule has 0 radical (unpaired) electrons. The Kier molecular flexibility index (Phi) is 5.76. The number of anilines is 2. The van der Waals surface area contributed by atoms with Gasteiger partial charge >= 0.3 is 0 Å². The van der Waals surface area contributed by atoms with Crippen molar-refractivity contribution in [1.82, 2.24) is 9.97 Å². The average Bonchev–Trinajstić information content (AvgIpc) is 2.84. The molecule has 0 saturated heterocycles. The predicted octanol–water partition coefficient (Wildman–Crippen LogP) is 6.34. The van der Waals surface area contributed by atoms with Gasteiger partial charge in [-0.05, 0) is 85.3 Å². The van der Waals surface area contributed by atoms with Gasteiger partial charge in [0, 0.05) is 28.7 Å². The Labute approximate surface area is 199 Å². The van der Waals surface area contributed by atoms with E-state index < -0.39 is 0 Å². The summed E-state index contributed by atoms with van der Waals surface area (Å²) in [5.74, 6) is 0.748. The van der Waals surface area contributed by atoms with E-state index in [-0.39, 0.29) is 11.8 Å². The summed E-state index contributed by atoms with van der Waals surface area (Å²) in [5.41, 5.74) is 13.7. The molecule has 0 fully saturated rings. The van der Waals surface area contributed by atoms with Gasteiger partial charge in [0.05, 0.1) is 5.52 Å². The van der Waals surface area contributed by atoms with E-state index in [0.29, 0.717) is 5.82 Å². The molecule has 170 valence electrons. The summed E-state index contributed by atoms with van der Waals surface area (Å²) in [5, 5.41) is 15.1. The van der Waals surface area contributed by atoms with Crippen molar-refractivity contribution < 1.29 is 5.11 Å². The molecule has 3 aromatic carbocycles. The molecule has 1 unspecified atom stereocenters. The van der Waals surface area contributed by atoms with Gasteiger partial charge < -0.3 is 16.2 Å². The lowest BCUT2D eigenvalue weighted by Gasteiger charge is -2.16. The fourth-order valence-corrected chi connectivity index (χ4v) is 4.35. The Morgan fingerprint density at radius 1 is 0.882 bits per heavy atom. The number of phenols is 1. The van der Waals surface area contributed by atoms with E-state index >= 15 is 0 Å². The van der Waals surface area contributed by atoms with E-state index in [1.54, 1.807) is 12.1 Å². The number of hydrogen-bond acceptors (Lipinski definition) is 5. The highest BCUT2D eigenvalue weighted by atomic mass is 16.3. The first-order valence-corrected chi connectivity index (χ1v) is 11.5. The van der Waals surface area contributed by atoms with E-state index in [1.165, 1.54) is 22.3 Å². The molecule has 0 saturated carbocycles. The van der Waals surface area contributed by atoms with Crippen molar-refractivity contribution in [2.24, 2.45) is 0 Å². The largest absolute Gasteiger partial charge is 0.508 e. The molecule has 2 heterocycles. The van der Waals surface area contributed by atoms with Crippen LogP contribution in [0, 0.1) is 6.92 Å². The number of fused-ring (bicyclic) bond motifs is 3. The van der Waals surface area contributed by atoms with E-state index in [4.69, 9.17) is 5.73 Å². The van der Waals surface area contributed by atoms with E-state index in [2.05, 4.69) is 77.7 Å². The summed E-state index contributed by atoms with van der Waals surface area (Å²) >= 11 is 0. The lowest BCUT2D eigenvalue weighted by atomic mass is 10.00. The first kappa shape index (κ1) is 21.7. The predicted molar refractivity (Wildman–Crippen MR) is 140 cm³/mol. The number of aromatic nitrogens is 2. The topological polar surface area (TPSA) is 84.1 Å². The molecule has 5 nitrogen and oxygen atoms in total. The van der Waals surface area contributed by atoms with Crippen molar-refractivity contribution in [1.29, 1.82) is 0 Å². The van der Waals surface area contributed by atoms with Crippen molar-refractivity contribution >= 4 is 33.3 Å². The number of hydrogen-bond donors (Lipinski definition) is 3. The third-order valence-electron chi connectivity index (χ3n) is 6.30. The van der Waals surface area contributed by atoms with Crippen LogP contribution in [0.4, 0.5) is 11.5 Å². The lowest BCUT2D eigenvalue weighted by molar-refractivity contribution is 0.475. The van der Waals surface area contributed by atoms with E-state index in [9.17, 15) is 5.11 Å². The minimum atomic E-state index is 0.166. The van der Waals surface area contributed by atoms with Crippen LogP contribution >= 0.6 is 0 Å². The Morgan fingerprint density at radius 2 is 1.62 bits per heavy atom. The SMILES string of the molecule is Cc1ccc2c(c1)nc(N)c1ncc(CCc3ccc(C(C)Nc4ccc(O)cc4)cc3)cc12. The summed E-state index contributed by atoms with van der Waals surface area (Å²) in [6.45, 7) is 4.20. The number of rotatable bonds is 6. The Morgan fingerprint density at radius 3 is 2.38 bits per heavy atom. The number of aromatic hydroxyl groups is 1. The van der Waals surface area contributed by atoms with Crippen LogP contribution in [0.25, 0.3) is 21.8 Å². The second-order valence-corrected chi connectivity index (χ2v) is 8.91. The van der Waals surface area contributed by atoms with E-state index in [1.807, 2.05) is 18.3 Å². The van der Waals surface area contributed by atoms with Crippen LogP contribution < -0.4 is 11.1 Å². The zero-order valence-corrected chi connectivity index (χ0v) is 19.4. The van der Waals surface area contributed by atoms with Gasteiger partial charge in [-0.25, -0.2) is 4.98 Å². The van der Waals surface area contributed by atoms with Crippen molar-refractivity contribution in [3.63, 3.8) is 0 Å².